The van der Waals surface area contributed by atoms with Crippen LogP contribution in [0.1, 0.15) is 18.1 Å². The number of halogens is 3. The Labute approximate surface area is 119 Å². The minimum absolute atomic E-state index is 0.0957. The fourth-order valence-corrected chi connectivity index (χ4v) is 1.45. The van der Waals surface area contributed by atoms with Crippen LogP contribution in [0.15, 0.2) is 18.2 Å². The molecule has 0 aliphatic heterocycles. The number of aryl methyl sites for hydroxylation is 1. The molecule has 0 heterocycles. The molecule has 3 N–H and O–H groups in total. The zero-order valence-corrected chi connectivity index (χ0v) is 11.4. The predicted octanol–water partition coefficient (Wildman–Crippen LogP) is 1.45. The van der Waals surface area contributed by atoms with E-state index in [1.165, 1.54) is 19.9 Å². The van der Waals surface area contributed by atoms with Gasteiger partial charge in [0.15, 0.2) is 0 Å². The van der Waals surface area contributed by atoms with Crippen LogP contribution in [0.5, 0.6) is 0 Å². The highest BCUT2D eigenvalue weighted by Gasteiger charge is 2.31. The summed E-state index contributed by atoms with van der Waals surface area (Å²) in [5, 5.41) is 13.1. The molecule has 0 bridgehead atoms. The maximum Gasteiger partial charge on any atom is 0.416 e. The molecular weight excluding hydrogens is 289 g/mol. The van der Waals surface area contributed by atoms with E-state index in [1.54, 1.807) is 0 Å². The van der Waals surface area contributed by atoms with E-state index in [4.69, 9.17) is 5.11 Å². The second kappa shape index (κ2) is 6.57. The summed E-state index contributed by atoms with van der Waals surface area (Å²) in [6.07, 6.45) is -4.54. The minimum Gasteiger partial charge on any atom is -0.394 e. The maximum absolute atomic E-state index is 12.6. The summed E-state index contributed by atoms with van der Waals surface area (Å²) in [6, 6.07) is 2.22. The normalized spacial score (nSPS) is 12.7. The van der Waals surface area contributed by atoms with E-state index in [-0.39, 0.29) is 12.3 Å². The summed E-state index contributed by atoms with van der Waals surface area (Å²) < 4.78 is 37.8. The molecular formula is C13H15F3N2O3. The lowest BCUT2D eigenvalue weighted by Gasteiger charge is -2.13. The predicted molar refractivity (Wildman–Crippen MR) is 69.5 cm³/mol. The number of rotatable bonds is 3. The van der Waals surface area contributed by atoms with Crippen LogP contribution in [0.2, 0.25) is 0 Å². The molecule has 1 unspecified atom stereocenters. The summed E-state index contributed by atoms with van der Waals surface area (Å²) >= 11 is 0. The largest absolute Gasteiger partial charge is 0.416 e. The molecule has 1 atom stereocenters. The lowest BCUT2D eigenvalue weighted by molar-refractivity contribution is -0.137. The van der Waals surface area contributed by atoms with Gasteiger partial charge in [0.1, 0.15) is 0 Å². The monoisotopic (exact) mass is 304 g/mol. The van der Waals surface area contributed by atoms with Gasteiger partial charge in [-0.2, -0.15) is 13.2 Å². The highest BCUT2D eigenvalue weighted by atomic mass is 19.4. The third-order valence-corrected chi connectivity index (χ3v) is 2.67. The van der Waals surface area contributed by atoms with Crippen molar-refractivity contribution in [1.29, 1.82) is 0 Å². The topological polar surface area (TPSA) is 78.4 Å². The molecule has 21 heavy (non-hydrogen) atoms. The van der Waals surface area contributed by atoms with Gasteiger partial charge in [0.05, 0.1) is 12.2 Å². The molecule has 0 aromatic heterocycles. The molecule has 0 fully saturated rings. The molecule has 0 radical (unpaired) electrons. The zero-order chi connectivity index (χ0) is 16.2. The molecule has 1 aromatic rings. The van der Waals surface area contributed by atoms with Crippen molar-refractivity contribution in [3.63, 3.8) is 0 Å². The van der Waals surface area contributed by atoms with Crippen molar-refractivity contribution >= 4 is 17.5 Å². The van der Waals surface area contributed by atoms with E-state index in [1.807, 2.05) is 0 Å². The van der Waals surface area contributed by atoms with E-state index in [0.717, 1.165) is 12.1 Å². The number of aliphatic hydroxyl groups is 1. The SMILES string of the molecule is Cc1ccc(C(F)(F)F)cc1NC(=O)C(=O)NC(C)CO. The van der Waals surface area contributed by atoms with E-state index in [9.17, 15) is 22.8 Å². The molecule has 2 amide bonds. The standard InChI is InChI=1S/C13H15F3N2O3/c1-7-3-4-9(13(14,15)16)5-10(7)18-12(21)11(20)17-8(2)6-19/h3-5,8,19H,6H2,1-2H3,(H,17,20)(H,18,21). The molecule has 5 nitrogen and oxygen atoms in total. The average molecular weight is 304 g/mol. The highest BCUT2D eigenvalue weighted by Crippen LogP contribution is 2.31. The summed E-state index contributed by atoms with van der Waals surface area (Å²) in [5.74, 6) is -2.13. The van der Waals surface area contributed by atoms with Crippen LogP contribution in [-0.4, -0.2) is 29.6 Å². The van der Waals surface area contributed by atoms with Crippen LogP contribution in [0.3, 0.4) is 0 Å². The molecule has 0 saturated heterocycles. The summed E-state index contributed by atoms with van der Waals surface area (Å²) in [6.45, 7) is 2.62. The van der Waals surface area contributed by atoms with Crippen LogP contribution in [0.25, 0.3) is 0 Å². The van der Waals surface area contributed by atoms with Crippen LogP contribution < -0.4 is 10.6 Å². The number of alkyl halides is 3. The Morgan fingerprint density at radius 3 is 2.43 bits per heavy atom. The third kappa shape index (κ3) is 4.75. The lowest BCUT2D eigenvalue weighted by atomic mass is 10.1. The quantitative estimate of drug-likeness (QED) is 0.740. The lowest BCUT2D eigenvalue weighted by Crippen LogP contribution is -2.42. The Bertz CT molecular complexity index is 544. The Morgan fingerprint density at radius 1 is 1.29 bits per heavy atom. The van der Waals surface area contributed by atoms with Crippen molar-refractivity contribution in [2.75, 3.05) is 11.9 Å². The van der Waals surface area contributed by atoms with Crippen LogP contribution in [0, 0.1) is 6.92 Å². The van der Waals surface area contributed by atoms with Gasteiger partial charge in [-0.15, -0.1) is 0 Å². The van der Waals surface area contributed by atoms with Crippen molar-refractivity contribution < 1.29 is 27.9 Å². The zero-order valence-electron chi connectivity index (χ0n) is 11.4. The number of anilines is 1. The molecule has 0 spiro atoms. The van der Waals surface area contributed by atoms with Gasteiger partial charge in [0.25, 0.3) is 0 Å². The first kappa shape index (κ1) is 17.0. The number of aliphatic hydroxyl groups excluding tert-OH is 1. The van der Waals surface area contributed by atoms with E-state index in [2.05, 4.69) is 10.6 Å². The van der Waals surface area contributed by atoms with Crippen LogP contribution >= 0.6 is 0 Å². The molecule has 0 aliphatic rings. The number of hydrogen-bond acceptors (Lipinski definition) is 3. The molecule has 0 aliphatic carbocycles. The van der Waals surface area contributed by atoms with Gasteiger partial charge in [-0.1, -0.05) is 6.07 Å². The van der Waals surface area contributed by atoms with Gasteiger partial charge in [0.2, 0.25) is 0 Å². The smallest absolute Gasteiger partial charge is 0.394 e. The Kier molecular flexibility index (Phi) is 5.31. The van der Waals surface area contributed by atoms with Crippen molar-refractivity contribution in [2.45, 2.75) is 26.1 Å². The van der Waals surface area contributed by atoms with E-state index in [0.29, 0.717) is 5.56 Å². The average Bonchev–Trinajstić information content (AvgIpc) is 2.39. The van der Waals surface area contributed by atoms with Gasteiger partial charge in [-0.05, 0) is 31.5 Å². The summed E-state index contributed by atoms with van der Waals surface area (Å²) in [4.78, 5) is 23.0. The third-order valence-electron chi connectivity index (χ3n) is 2.67. The fraction of sp³-hybridized carbons (Fsp3) is 0.385. The van der Waals surface area contributed by atoms with Crippen LogP contribution in [0.4, 0.5) is 18.9 Å². The van der Waals surface area contributed by atoms with E-state index < -0.39 is 29.6 Å². The first-order valence-electron chi connectivity index (χ1n) is 6.05. The highest BCUT2D eigenvalue weighted by molar-refractivity contribution is 6.39. The molecule has 1 rings (SSSR count). The number of carbonyl (C=O) groups excluding carboxylic acids is 2. The van der Waals surface area contributed by atoms with Gasteiger partial charge >= 0.3 is 18.0 Å². The molecule has 116 valence electrons. The molecule has 8 heteroatoms. The second-order valence-corrected chi connectivity index (χ2v) is 4.54. The van der Waals surface area contributed by atoms with Crippen molar-refractivity contribution in [1.82, 2.24) is 5.32 Å². The number of benzene rings is 1. The Hall–Kier alpha value is -2.09. The Morgan fingerprint density at radius 2 is 1.90 bits per heavy atom. The van der Waals surface area contributed by atoms with Crippen molar-refractivity contribution in [3.8, 4) is 0 Å². The molecule has 1 aromatic carbocycles. The van der Waals surface area contributed by atoms with Gasteiger partial charge in [0, 0.05) is 11.7 Å². The fourth-order valence-electron chi connectivity index (χ4n) is 1.45. The number of nitrogens with one attached hydrogen (secondary N) is 2. The van der Waals surface area contributed by atoms with Gasteiger partial charge in [-0.25, -0.2) is 0 Å². The van der Waals surface area contributed by atoms with Gasteiger partial charge < -0.3 is 15.7 Å². The number of carbonyl (C=O) groups is 2. The van der Waals surface area contributed by atoms with Crippen molar-refractivity contribution in [2.24, 2.45) is 0 Å². The molecule has 0 saturated carbocycles. The van der Waals surface area contributed by atoms with Gasteiger partial charge in [-0.3, -0.25) is 9.59 Å². The minimum atomic E-state index is -4.54. The number of hydrogen-bond donors (Lipinski definition) is 3. The van der Waals surface area contributed by atoms with E-state index >= 15 is 0 Å². The first-order valence-corrected chi connectivity index (χ1v) is 6.05. The number of amides is 2. The van der Waals surface area contributed by atoms with Crippen LogP contribution in [-0.2, 0) is 15.8 Å². The second-order valence-electron chi connectivity index (χ2n) is 4.54. The van der Waals surface area contributed by atoms with Crippen molar-refractivity contribution in [3.05, 3.63) is 29.3 Å². The maximum atomic E-state index is 12.6. The summed E-state index contributed by atoms with van der Waals surface area (Å²) in [7, 11) is 0. The Balaban J connectivity index is 2.87. The first-order chi connectivity index (χ1) is 9.65. The summed E-state index contributed by atoms with van der Waals surface area (Å²) in [5.41, 5.74) is -0.631.